The molecule has 2 heterocycles. The van der Waals surface area contributed by atoms with Crippen molar-refractivity contribution in [3.8, 4) is 0 Å². The Balaban J connectivity index is 1.61. The number of hydrogen-bond acceptors (Lipinski definition) is 6. The van der Waals surface area contributed by atoms with Gasteiger partial charge in [0.1, 0.15) is 4.83 Å². The van der Waals surface area contributed by atoms with Gasteiger partial charge in [-0.25, -0.2) is 4.98 Å². The first kappa shape index (κ1) is 22.9. The van der Waals surface area contributed by atoms with Gasteiger partial charge in [-0.3, -0.25) is 14.2 Å². The van der Waals surface area contributed by atoms with Gasteiger partial charge in [-0.1, -0.05) is 24.6 Å². The van der Waals surface area contributed by atoms with Gasteiger partial charge in [-0.05, 0) is 63.4 Å². The molecular formula is C24H30N4O2S2. The van der Waals surface area contributed by atoms with Gasteiger partial charge in [0, 0.05) is 36.4 Å². The lowest BCUT2D eigenvalue weighted by molar-refractivity contribution is -0.115. The summed E-state index contributed by atoms with van der Waals surface area (Å²) in [6, 6.07) is 7.92. The molecule has 1 atom stereocenters. The Labute approximate surface area is 197 Å². The van der Waals surface area contributed by atoms with Gasteiger partial charge in [0.25, 0.3) is 5.56 Å². The number of thiophene rings is 1. The van der Waals surface area contributed by atoms with Crippen LogP contribution >= 0.6 is 23.1 Å². The van der Waals surface area contributed by atoms with Crippen LogP contribution in [0.15, 0.2) is 34.2 Å². The van der Waals surface area contributed by atoms with Gasteiger partial charge in [-0.15, -0.1) is 11.3 Å². The number of aromatic nitrogens is 2. The molecule has 1 saturated carbocycles. The molecule has 0 bridgehead atoms. The summed E-state index contributed by atoms with van der Waals surface area (Å²) < 4.78 is 1.87. The van der Waals surface area contributed by atoms with Gasteiger partial charge in [0.15, 0.2) is 5.16 Å². The van der Waals surface area contributed by atoms with Crippen LogP contribution in [0.3, 0.4) is 0 Å². The zero-order valence-electron chi connectivity index (χ0n) is 19.3. The molecule has 6 nitrogen and oxygen atoms in total. The van der Waals surface area contributed by atoms with Crippen LogP contribution in [0.1, 0.15) is 49.1 Å². The van der Waals surface area contributed by atoms with E-state index in [1.54, 1.807) is 11.3 Å². The topological polar surface area (TPSA) is 67.2 Å². The summed E-state index contributed by atoms with van der Waals surface area (Å²) in [5, 5.41) is 4.00. The number of fused-ring (bicyclic) bond motifs is 1. The second kappa shape index (κ2) is 9.27. The summed E-state index contributed by atoms with van der Waals surface area (Å²) in [6.07, 6.45) is 4.23. The highest BCUT2D eigenvalue weighted by Crippen LogP contribution is 2.35. The number of carbonyl (C=O) groups is 1. The third-order valence-electron chi connectivity index (χ3n) is 6.20. The molecule has 8 heteroatoms. The van der Waals surface area contributed by atoms with E-state index in [0.717, 1.165) is 57.7 Å². The average molecular weight is 471 g/mol. The molecule has 1 aliphatic carbocycles. The van der Waals surface area contributed by atoms with Crippen LogP contribution in [0.2, 0.25) is 0 Å². The van der Waals surface area contributed by atoms with Gasteiger partial charge < -0.3 is 10.2 Å². The van der Waals surface area contributed by atoms with Crippen molar-refractivity contribution in [3.05, 3.63) is 45.1 Å². The third kappa shape index (κ3) is 4.43. The van der Waals surface area contributed by atoms with E-state index >= 15 is 0 Å². The van der Waals surface area contributed by atoms with Gasteiger partial charge in [-0.2, -0.15) is 0 Å². The summed E-state index contributed by atoms with van der Waals surface area (Å²) in [6.45, 7) is 5.90. The Kier molecular flexibility index (Phi) is 6.62. The van der Waals surface area contributed by atoms with E-state index in [0.29, 0.717) is 5.16 Å². The van der Waals surface area contributed by atoms with Crippen LogP contribution in [0.5, 0.6) is 0 Å². The molecule has 32 heavy (non-hydrogen) atoms. The fourth-order valence-corrected chi connectivity index (χ4v) is 6.20. The van der Waals surface area contributed by atoms with Crippen LogP contribution in [0.25, 0.3) is 10.2 Å². The summed E-state index contributed by atoms with van der Waals surface area (Å²) in [4.78, 5) is 35.2. The van der Waals surface area contributed by atoms with E-state index in [4.69, 9.17) is 4.98 Å². The molecule has 1 amide bonds. The molecule has 0 aliphatic heterocycles. The molecule has 4 rings (SSSR count). The summed E-state index contributed by atoms with van der Waals surface area (Å²) in [7, 11) is 3.97. The van der Waals surface area contributed by atoms with Crippen molar-refractivity contribution in [1.82, 2.24) is 9.55 Å². The van der Waals surface area contributed by atoms with Crippen LogP contribution in [-0.2, 0) is 4.79 Å². The predicted octanol–water partition coefficient (Wildman–Crippen LogP) is 5.38. The molecule has 170 valence electrons. The number of amides is 1. The van der Waals surface area contributed by atoms with E-state index in [1.807, 2.05) is 68.6 Å². The van der Waals surface area contributed by atoms with Crippen LogP contribution in [-0.4, -0.2) is 34.8 Å². The first-order valence-electron chi connectivity index (χ1n) is 11.0. The number of nitrogens with one attached hydrogen (secondary N) is 1. The number of hydrogen-bond donors (Lipinski definition) is 1. The molecule has 0 saturated heterocycles. The van der Waals surface area contributed by atoms with Crippen molar-refractivity contribution in [1.29, 1.82) is 0 Å². The number of aryl methyl sites for hydroxylation is 2. The van der Waals surface area contributed by atoms with Gasteiger partial charge in [0.05, 0.1) is 10.6 Å². The largest absolute Gasteiger partial charge is 0.378 e. The monoisotopic (exact) mass is 470 g/mol. The van der Waals surface area contributed by atoms with Crippen molar-refractivity contribution in [3.63, 3.8) is 0 Å². The number of anilines is 2. The maximum atomic E-state index is 13.5. The van der Waals surface area contributed by atoms with E-state index < -0.39 is 0 Å². The fraction of sp³-hybridized carbons (Fsp3) is 0.458. The van der Waals surface area contributed by atoms with Crippen molar-refractivity contribution >= 4 is 50.6 Å². The SMILES string of the molecule is Cc1sc2nc(SC(C)C(=O)Nc3ccc(N(C)C)cc3)n(C3CCCC3)c(=O)c2c1C. The molecule has 3 aromatic rings. The molecule has 2 aromatic heterocycles. The lowest BCUT2D eigenvalue weighted by Crippen LogP contribution is -2.29. The Morgan fingerprint density at radius 2 is 1.88 bits per heavy atom. The van der Waals surface area contributed by atoms with Gasteiger partial charge in [0.2, 0.25) is 5.91 Å². The molecule has 0 spiro atoms. The van der Waals surface area contributed by atoms with E-state index in [1.165, 1.54) is 11.8 Å². The fourth-order valence-electron chi connectivity index (χ4n) is 4.15. The zero-order chi connectivity index (χ0) is 23.0. The normalized spacial score (nSPS) is 15.3. The van der Waals surface area contributed by atoms with E-state index in [9.17, 15) is 9.59 Å². The van der Waals surface area contributed by atoms with Crippen LogP contribution in [0.4, 0.5) is 11.4 Å². The highest BCUT2D eigenvalue weighted by atomic mass is 32.2. The quantitative estimate of drug-likeness (QED) is 0.387. The highest BCUT2D eigenvalue weighted by Gasteiger charge is 2.27. The zero-order valence-corrected chi connectivity index (χ0v) is 20.9. The van der Waals surface area contributed by atoms with Gasteiger partial charge >= 0.3 is 0 Å². The maximum Gasteiger partial charge on any atom is 0.263 e. The maximum absolute atomic E-state index is 13.5. The second-order valence-corrected chi connectivity index (χ2v) is 11.2. The molecule has 1 aliphatic rings. The Bertz CT molecular complexity index is 1190. The molecule has 1 fully saturated rings. The average Bonchev–Trinajstić information content (AvgIpc) is 3.37. The Morgan fingerprint density at radius 1 is 1.22 bits per heavy atom. The van der Waals surface area contributed by atoms with Crippen molar-refractivity contribution < 1.29 is 4.79 Å². The lowest BCUT2D eigenvalue weighted by atomic mass is 10.2. The van der Waals surface area contributed by atoms with Crippen LogP contribution < -0.4 is 15.8 Å². The summed E-state index contributed by atoms with van der Waals surface area (Å²) in [5.74, 6) is -0.0986. The van der Waals surface area contributed by atoms with E-state index in [2.05, 4.69) is 5.32 Å². The molecule has 0 radical (unpaired) electrons. The number of thioether (sulfide) groups is 1. The second-order valence-electron chi connectivity index (χ2n) is 8.66. The molecular weight excluding hydrogens is 440 g/mol. The first-order valence-corrected chi connectivity index (χ1v) is 12.7. The minimum absolute atomic E-state index is 0.0399. The highest BCUT2D eigenvalue weighted by molar-refractivity contribution is 8.00. The molecule has 1 unspecified atom stereocenters. The minimum Gasteiger partial charge on any atom is -0.378 e. The standard InChI is InChI=1S/C24H30N4O2S2/c1-14-15(2)31-22-20(14)23(30)28(19-8-6-7-9-19)24(26-22)32-16(3)21(29)25-17-10-12-18(13-11-17)27(4)5/h10-13,16,19H,6-9H2,1-5H3,(H,25,29). The smallest absolute Gasteiger partial charge is 0.263 e. The van der Waals surface area contributed by atoms with Crippen molar-refractivity contribution in [2.75, 3.05) is 24.3 Å². The number of nitrogens with zero attached hydrogens (tertiary/aromatic N) is 3. The summed E-state index contributed by atoms with van der Waals surface area (Å²) >= 11 is 2.93. The third-order valence-corrected chi connectivity index (χ3v) is 8.36. The Morgan fingerprint density at radius 3 is 2.50 bits per heavy atom. The number of carbonyl (C=O) groups excluding carboxylic acids is 1. The number of rotatable bonds is 6. The van der Waals surface area contributed by atoms with Crippen molar-refractivity contribution in [2.45, 2.75) is 62.9 Å². The predicted molar refractivity (Wildman–Crippen MR) is 136 cm³/mol. The summed E-state index contributed by atoms with van der Waals surface area (Å²) in [5.41, 5.74) is 2.90. The first-order chi connectivity index (χ1) is 15.3. The minimum atomic E-state index is -0.386. The van der Waals surface area contributed by atoms with Crippen molar-refractivity contribution in [2.24, 2.45) is 0 Å². The van der Waals surface area contributed by atoms with Crippen LogP contribution in [0, 0.1) is 13.8 Å². The Hall–Kier alpha value is -2.32. The molecule has 1 aromatic carbocycles. The number of benzene rings is 1. The molecule has 1 N–H and O–H groups in total. The lowest BCUT2D eigenvalue weighted by Gasteiger charge is -2.20. The van der Waals surface area contributed by atoms with E-state index in [-0.39, 0.29) is 22.8 Å².